The van der Waals surface area contributed by atoms with E-state index in [0.29, 0.717) is 39.4 Å². The quantitative estimate of drug-likeness (QED) is 0.344. The average molecular weight is 454 g/mol. The predicted octanol–water partition coefficient (Wildman–Crippen LogP) is 4.52. The summed E-state index contributed by atoms with van der Waals surface area (Å²) in [4.78, 5) is 16.5. The van der Waals surface area contributed by atoms with E-state index in [1.54, 1.807) is 50.6 Å². The molecule has 0 amide bonds. The topological polar surface area (TPSA) is 108 Å². The van der Waals surface area contributed by atoms with E-state index >= 15 is 0 Å². The number of aromatic nitrogens is 4. The molecule has 2 aromatic heterocycles. The molecule has 8 nitrogen and oxygen atoms in total. The number of hydrogen-bond acceptors (Lipinski definition) is 8. The SMILES string of the molecule is COc1ccc2nc(Cl)c(Cl)nc2c1.COc1ccc2nc(Cl)c(NN)nc2c1. The van der Waals surface area contributed by atoms with Crippen molar-refractivity contribution < 1.29 is 9.47 Å². The second kappa shape index (κ2) is 9.23. The van der Waals surface area contributed by atoms with Crippen LogP contribution < -0.4 is 20.7 Å². The van der Waals surface area contributed by atoms with Crippen molar-refractivity contribution in [3.8, 4) is 11.5 Å². The monoisotopic (exact) mass is 452 g/mol. The fourth-order valence-corrected chi connectivity index (χ4v) is 2.80. The Labute approximate surface area is 180 Å². The van der Waals surface area contributed by atoms with Crippen LogP contribution in [0, 0.1) is 0 Å². The Balaban J connectivity index is 0.000000166. The largest absolute Gasteiger partial charge is 0.497 e. The number of ether oxygens (including phenoxy) is 2. The van der Waals surface area contributed by atoms with Crippen LogP contribution in [0.15, 0.2) is 36.4 Å². The number of nitrogens with zero attached hydrogens (tertiary/aromatic N) is 4. The lowest BCUT2D eigenvalue weighted by molar-refractivity contribution is 0.415. The van der Waals surface area contributed by atoms with Gasteiger partial charge in [0.05, 0.1) is 36.3 Å². The summed E-state index contributed by atoms with van der Waals surface area (Å²) in [6.07, 6.45) is 0. The van der Waals surface area contributed by atoms with Gasteiger partial charge in [0.15, 0.2) is 21.3 Å². The standard InChI is InChI=1S/C9H6Cl2N2O.C9H9ClN4O/c1-14-5-2-3-6-7(4-5)13-9(11)8(10)12-6;1-15-5-2-3-6-7(4-5)13-9(14-11)8(10)12-6/h2-4H,1H3;2-4H,11H2,1H3,(H,13,14). The summed E-state index contributed by atoms with van der Waals surface area (Å²) in [6.45, 7) is 0. The summed E-state index contributed by atoms with van der Waals surface area (Å²) in [5.41, 5.74) is 5.11. The number of nitrogens with two attached hydrogens (primary N) is 1. The summed E-state index contributed by atoms with van der Waals surface area (Å²) in [7, 11) is 3.18. The average Bonchev–Trinajstić information content (AvgIpc) is 2.74. The van der Waals surface area contributed by atoms with Crippen molar-refractivity contribution >= 4 is 62.7 Å². The predicted molar refractivity (Wildman–Crippen MR) is 115 cm³/mol. The highest BCUT2D eigenvalue weighted by atomic mass is 35.5. The number of fused-ring (bicyclic) bond motifs is 2. The van der Waals surface area contributed by atoms with E-state index in [2.05, 4.69) is 25.4 Å². The zero-order chi connectivity index (χ0) is 21.0. The van der Waals surface area contributed by atoms with Crippen LogP contribution in [0.4, 0.5) is 5.82 Å². The first kappa shape index (κ1) is 21.1. The van der Waals surface area contributed by atoms with E-state index in [1.807, 2.05) is 0 Å². The van der Waals surface area contributed by atoms with Crippen molar-refractivity contribution in [3.05, 3.63) is 51.9 Å². The van der Waals surface area contributed by atoms with Crippen LogP contribution >= 0.6 is 34.8 Å². The number of nitrogens with one attached hydrogen (secondary N) is 1. The smallest absolute Gasteiger partial charge is 0.178 e. The highest BCUT2D eigenvalue weighted by molar-refractivity contribution is 6.40. The fourth-order valence-electron chi connectivity index (χ4n) is 2.35. The number of nitrogen functional groups attached to an aromatic ring is 1. The molecular formula is C18H15Cl3N6O2. The molecule has 2 heterocycles. The Morgan fingerprint density at radius 1 is 0.690 bits per heavy atom. The van der Waals surface area contributed by atoms with Gasteiger partial charge in [-0.05, 0) is 24.3 Å². The molecule has 0 radical (unpaired) electrons. The van der Waals surface area contributed by atoms with Gasteiger partial charge in [-0.15, -0.1) is 0 Å². The molecule has 0 fully saturated rings. The molecule has 0 saturated carbocycles. The third-order valence-electron chi connectivity index (χ3n) is 3.76. The van der Waals surface area contributed by atoms with Gasteiger partial charge in [-0.25, -0.2) is 25.8 Å². The lowest BCUT2D eigenvalue weighted by Gasteiger charge is -2.05. The zero-order valence-corrected chi connectivity index (χ0v) is 17.5. The molecule has 150 valence electrons. The first-order chi connectivity index (χ1) is 13.9. The Kier molecular flexibility index (Phi) is 6.71. The maximum atomic E-state index is 5.83. The lowest BCUT2D eigenvalue weighted by Crippen LogP contribution is -2.09. The molecule has 0 saturated heterocycles. The van der Waals surface area contributed by atoms with E-state index in [9.17, 15) is 0 Å². The maximum Gasteiger partial charge on any atom is 0.178 e. The Morgan fingerprint density at radius 2 is 1.14 bits per heavy atom. The number of hydrogen-bond donors (Lipinski definition) is 2. The number of halogens is 3. The van der Waals surface area contributed by atoms with Crippen LogP contribution in [0.3, 0.4) is 0 Å². The van der Waals surface area contributed by atoms with Crippen molar-refractivity contribution in [2.75, 3.05) is 19.6 Å². The first-order valence-electron chi connectivity index (χ1n) is 8.10. The van der Waals surface area contributed by atoms with Crippen molar-refractivity contribution in [3.63, 3.8) is 0 Å². The normalized spacial score (nSPS) is 10.4. The van der Waals surface area contributed by atoms with Gasteiger partial charge in [-0.1, -0.05) is 34.8 Å². The number of benzene rings is 2. The van der Waals surface area contributed by atoms with Gasteiger partial charge in [-0.2, -0.15) is 0 Å². The maximum absolute atomic E-state index is 5.83. The van der Waals surface area contributed by atoms with E-state index < -0.39 is 0 Å². The van der Waals surface area contributed by atoms with Crippen LogP contribution in [0.25, 0.3) is 22.1 Å². The molecule has 29 heavy (non-hydrogen) atoms. The second-order valence-corrected chi connectivity index (χ2v) is 6.60. The van der Waals surface area contributed by atoms with Crippen molar-refractivity contribution in [1.29, 1.82) is 0 Å². The molecule has 0 aliphatic rings. The molecule has 11 heteroatoms. The molecule has 0 aliphatic heterocycles. The lowest BCUT2D eigenvalue weighted by atomic mass is 10.3. The number of methoxy groups -OCH3 is 2. The van der Waals surface area contributed by atoms with Crippen LogP contribution in [-0.2, 0) is 0 Å². The Morgan fingerprint density at radius 3 is 1.62 bits per heavy atom. The molecular weight excluding hydrogens is 439 g/mol. The van der Waals surface area contributed by atoms with E-state index in [1.165, 1.54) is 0 Å². The highest BCUT2D eigenvalue weighted by Gasteiger charge is 2.06. The fraction of sp³-hybridized carbons (Fsp3) is 0.111. The minimum absolute atomic E-state index is 0.201. The zero-order valence-electron chi connectivity index (χ0n) is 15.3. The first-order valence-corrected chi connectivity index (χ1v) is 9.23. The van der Waals surface area contributed by atoms with Crippen LogP contribution in [-0.4, -0.2) is 34.2 Å². The van der Waals surface area contributed by atoms with Gasteiger partial charge in [0.1, 0.15) is 11.5 Å². The molecule has 0 aliphatic carbocycles. The van der Waals surface area contributed by atoms with Crippen LogP contribution in [0.2, 0.25) is 15.5 Å². The van der Waals surface area contributed by atoms with Gasteiger partial charge in [-0.3, -0.25) is 0 Å². The molecule has 3 N–H and O–H groups in total. The number of anilines is 1. The number of rotatable bonds is 3. The summed E-state index contributed by atoms with van der Waals surface area (Å²) < 4.78 is 10.1. The summed E-state index contributed by atoms with van der Waals surface area (Å²) in [5.74, 6) is 7.01. The Hall–Kier alpha value is -2.65. The van der Waals surface area contributed by atoms with Crippen LogP contribution in [0.5, 0.6) is 11.5 Å². The highest BCUT2D eigenvalue weighted by Crippen LogP contribution is 2.24. The molecule has 0 unspecified atom stereocenters. The van der Waals surface area contributed by atoms with Crippen molar-refractivity contribution in [1.82, 2.24) is 19.9 Å². The van der Waals surface area contributed by atoms with Gasteiger partial charge in [0.2, 0.25) is 0 Å². The molecule has 4 aromatic rings. The van der Waals surface area contributed by atoms with Crippen molar-refractivity contribution in [2.24, 2.45) is 5.84 Å². The minimum Gasteiger partial charge on any atom is -0.497 e. The van der Waals surface area contributed by atoms with Gasteiger partial charge >= 0.3 is 0 Å². The van der Waals surface area contributed by atoms with E-state index in [-0.39, 0.29) is 15.5 Å². The van der Waals surface area contributed by atoms with Gasteiger partial charge in [0, 0.05) is 12.1 Å². The Bertz CT molecular complexity index is 1180. The summed E-state index contributed by atoms with van der Waals surface area (Å²) in [6, 6.07) is 10.7. The summed E-state index contributed by atoms with van der Waals surface area (Å²) in [5, 5.41) is 0.659. The third kappa shape index (κ3) is 4.86. The second-order valence-electron chi connectivity index (χ2n) is 5.52. The van der Waals surface area contributed by atoms with Crippen molar-refractivity contribution in [2.45, 2.75) is 0 Å². The van der Waals surface area contributed by atoms with Crippen LogP contribution in [0.1, 0.15) is 0 Å². The molecule has 0 spiro atoms. The molecule has 4 rings (SSSR count). The molecule has 0 atom stereocenters. The number of hydrazine groups is 1. The minimum atomic E-state index is 0.201. The molecule has 2 aromatic carbocycles. The summed E-state index contributed by atoms with van der Waals surface area (Å²) >= 11 is 17.3. The van der Waals surface area contributed by atoms with Gasteiger partial charge in [0.25, 0.3) is 0 Å². The van der Waals surface area contributed by atoms with E-state index in [0.717, 1.165) is 0 Å². The van der Waals surface area contributed by atoms with Gasteiger partial charge < -0.3 is 14.9 Å². The molecule has 0 bridgehead atoms. The third-order valence-corrected chi connectivity index (χ3v) is 4.64. The van der Waals surface area contributed by atoms with E-state index in [4.69, 9.17) is 50.1 Å².